The van der Waals surface area contributed by atoms with Crippen molar-refractivity contribution in [3.8, 4) is 0 Å². The van der Waals surface area contributed by atoms with Crippen LogP contribution in [0.1, 0.15) is 43.4 Å². The van der Waals surface area contributed by atoms with Gasteiger partial charge < -0.3 is 5.21 Å². The highest BCUT2D eigenvalue weighted by Gasteiger charge is 2.50. The molecule has 2 rings (SSSR count). The number of imidazole rings is 1. The minimum absolute atomic E-state index is 0.161. The lowest BCUT2D eigenvalue weighted by atomic mass is 9.82. The molecule has 1 aromatic heterocycles. The molecule has 1 atom stereocenters. The van der Waals surface area contributed by atoms with Crippen molar-refractivity contribution in [3.05, 3.63) is 22.4 Å². The molecule has 0 spiro atoms. The van der Waals surface area contributed by atoms with E-state index < -0.39 is 29.7 Å². The number of rotatable bonds is 4. The van der Waals surface area contributed by atoms with E-state index in [2.05, 4.69) is 0 Å². The van der Waals surface area contributed by atoms with Crippen molar-refractivity contribution in [1.29, 1.82) is 0 Å². The fraction of sp³-hybridized carbons (Fsp3) is 0.647. The molecule has 0 saturated carbocycles. The molecule has 0 aromatic carbocycles. The summed E-state index contributed by atoms with van der Waals surface area (Å²) in [5, 5.41) is 12.7. The average Bonchev–Trinajstić information content (AvgIpc) is 2.73. The van der Waals surface area contributed by atoms with Crippen molar-refractivity contribution in [2.24, 2.45) is 18.9 Å². The first-order chi connectivity index (χ1) is 11.5. The molecule has 8 heteroatoms. The van der Waals surface area contributed by atoms with Gasteiger partial charge in [-0.3, -0.25) is 19.4 Å². The first-order valence-corrected chi connectivity index (χ1v) is 8.35. The Kier molecular flexibility index (Phi) is 4.92. The minimum Gasteiger partial charge on any atom is -0.711 e. The summed E-state index contributed by atoms with van der Waals surface area (Å²) in [6, 6.07) is -0.649. The third-order valence-electron chi connectivity index (χ3n) is 5.11. The van der Waals surface area contributed by atoms with E-state index in [0.29, 0.717) is 17.9 Å². The van der Waals surface area contributed by atoms with Crippen LogP contribution in [0, 0.1) is 30.9 Å². The van der Waals surface area contributed by atoms with Crippen molar-refractivity contribution in [2.45, 2.75) is 40.0 Å². The first kappa shape index (κ1) is 19.0. The highest BCUT2D eigenvalue weighted by Crippen LogP contribution is 2.35. The summed E-state index contributed by atoms with van der Waals surface area (Å²) >= 11 is 0. The van der Waals surface area contributed by atoms with Gasteiger partial charge in [0.05, 0.1) is 13.0 Å². The van der Waals surface area contributed by atoms with E-state index in [1.807, 2.05) is 20.8 Å². The van der Waals surface area contributed by atoms with Gasteiger partial charge in [0.1, 0.15) is 17.3 Å². The van der Waals surface area contributed by atoms with Crippen molar-refractivity contribution < 1.29 is 19.1 Å². The van der Waals surface area contributed by atoms with Gasteiger partial charge in [-0.15, -0.1) is 0 Å². The molecule has 138 valence electrons. The molecule has 0 bridgehead atoms. The maximum absolute atomic E-state index is 12.7. The average molecular weight is 350 g/mol. The third-order valence-corrected chi connectivity index (χ3v) is 5.11. The van der Waals surface area contributed by atoms with Crippen LogP contribution in [0.4, 0.5) is 4.79 Å². The summed E-state index contributed by atoms with van der Waals surface area (Å²) in [4.78, 5) is 39.4. The van der Waals surface area contributed by atoms with Crippen LogP contribution in [0.15, 0.2) is 0 Å². The minimum atomic E-state index is -1.08. The van der Waals surface area contributed by atoms with Crippen molar-refractivity contribution in [1.82, 2.24) is 14.4 Å². The predicted octanol–water partition coefficient (Wildman–Crippen LogP) is 1.07. The number of hydrogen-bond acceptors (Lipinski definition) is 4. The van der Waals surface area contributed by atoms with E-state index in [1.54, 1.807) is 18.5 Å². The Morgan fingerprint density at radius 2 is 1.52 bits per heavy atom. The van der Waals surface area contributed by atoms with E-state index in [9.17, 15) is 19.6 Å². The van der Waals surface area contributed by atoms with Crippen LogP contribution >= 0.6 is 0 Å². The molecular weight excluding hydrogens is 324 g/mol. The zero-order valence-corrected chi connectivity index (χ0v) is 15.9. The SMILES string of the molecule is Cc1c(C)[n+]([O-])c([C@H](CC(C)C)C2C(=O)N(C)C(=O)N(C)C2=O)n1C. The second-order valence-corrected chi connectivity index (χ2v) is 7.17. The number of barbiturate groups is 1. The Bertz CT molecular complexity index is 688. The van der Waals surface area contributed by atoms with Crippen LogP contribution in [0.5, 0.6) is 0 Å². The maximum atomic E-state index is 12.7. The summed E-state index contributed by atoms with van der Waals surface area (Å²) < 4.78 is 2.55. The number of hydrogen-bond donors (Lipinski definition) is 0. The Morgan fingerprint density at radius 1 is 1.04 bits per heavy atom. The summed E-state index contributed by atoms with van der Waals surface area (Å²) in [6.07, 6.45) is 0.483. The number of carbonyl (C=O) groups is 3. The molecule has 25 heavy (non-hydrogen) atoms. The van der Waals surface area contributed by atoms with Gasteiger partial charge in [0.2, 0.25) is 11.8 Å². The number of aromatic nitrogens is 2. The van der Waals surface area contributed by atoms with Gasteiger partial charge in [0.15, 0.2) is 0 Å². The molecule has 1 aliphatic rings. The molecule has 0 unspecified atom stereocenters. The highest BCUT2D eigenvalue weighted by molar-refractivity contribution is 6.16. The number of imide groups is 2. The number of carbonyl (C=O) groups excluding carboxylic acids is 3. The van der Waals surface area contributed by atoms with Crippen LogP contribution < -0.4 is 4.73 Å². The Hall–Kier alpha value is -2.38. The topological polar surface area (TPSA) is 89.6 Å². The zero-order chi connectivity index (χ0) is 19.2. The standard InChI is InChI=1S/C17H26N4O4/c1-9(2)8-12(14-18(5)10(3)11(4)21(14)25)13-15(22)19(6)17(24)20(7)16(13)23/h9,12-13H,8H2,1-7H3/t12-/m1/s1. The molecule has 1 aliphatic heterocycles. The lowest BCUT2D eigenvalue weighted by Gasteiger charge is -2.36. The largest absolute Gasteiger partial charge is 0.711 e. The molecule has 1 aromatic rings. The first-order valence-electron chi connectivity index (χ1n) is 8.35. The quantitative estimate of drug-likeness (QED) is 0.461. The van der Waals surface area contributed by atoms with Gasteiger partial charge in [-0.25, -0.2) is 14.1 Å². The van der Waals surface area contributed by atoms with Crippen LogP contribution in [0.25, 0.3) is 0 Å². The van der Waals surface area contributed by atoms with Crippen LogP contribution in [0.2, 0.25) is 0 Å². The molecule has 2 heterocycles. The van der Waals surface area contributed by atoms with Crippen LogP contribution in [-0.2, 0) is 16.6 Å². The second-order valence-electron chi connectivity index (χ2n) is 7.17. The van der Waals surface area contributed by atoms with E-state index in [-0.39, 0.29) is 5.92 Å². The molecule has 1 saturated heterocycles. The zero-order valence-electron chi connectivity index (χ0n) is 15.9. The van der Waals surface area contributed by atoms with E-state index in [1.165, 1.54) is 14.1 Å². The molecule has 4 amide bonds. The molecule has 0 aliphatic carbocycles. The summed E-state index contributed by atoms with van der Waals surface area (Å²) in [5.41, 5.74) is 1.33. The Labute approximate surface area is 147 Å². The lowest BCUT2D eigenvalue weighted by molar-refractivity contribution is -0.622. The molecule has 0 N–H and O–H groups in total. The molecule has 8 nitrogen and oxygen atoms in total. The number of urea groups is 1. The van der Waals surface area contributed by atoms with Crippen molar-refractivity contribution in [3.63, 3.8) is 0 Å². The lowest BCUT2D eigenvalue weighted by Crippen LogP contribution is -2.59. The van der Waals surface area contributed by atoms with E-state index in [4.69, 9.17) is 0 Å². The van der Waals surface area contributed by atoms with Crippen LogP contribution in [-0.4, -0.2) is 46.3 Å². The summed E-state index contributed by atoms with van der Waals surface area (Å²) in [7, 11) is 4.48. The fourth-order valence-corrected chi connectivity index (χ4v) is 3.45. The maximum Gasteiger partial charge on any atom is 0.332 e. The second kappa shape index (κ2) is 6.50. The van der Waals surface area contributed by atoms with Gasteiger partial charge in [0, 0.05) is 27.9 Å². The predicted molar refractivity (Wildman–Crippen MR) is 90.5 cm³/mol. The monoisotopic (exact) mass is 350 g/mol. The number of amides is 4. The summed E-state index contributed by atoms with van der Waals surface area (Å²) in [6.45, 7) is 7.48. The van der Waals surface area contributed by atoms with Crippen LogP contribution in [0.3, 0.4) is 0 Å². The normalized spacial score (nSPS) is 17.8. The van der Waals surface area contributed by atoms with Gasteiger partial charge in [0.25, 0.3) is 5.82 Å². The highest BCUT2D eigenvalue weighted by atomic mass is 16.5. The molecule has 1 fully saturated rings. The number of nitrogens with zero attached hydrogens (tertiary/aromatic N) is 4. The Morgan fingerprint density at radius 3 is 1.88 bits per heavy atom. The van der Waals surface area contributed by atoms with Gasteiger partial charge in [-0.1, -0.05) is 13.8 Å². The van der Waals surface area contributed by atoms with Crippen molar-refractivity contribution in [2.75, 3.05) is 14.1 Å². The summed E-state index contributed by atoms with van der Waals surface area (Å²) in [5.74, 6) is -2.26. The van der Waals surface area contributed by atoms with E-state index >= 15 is 0 Å². The van der Waals surface area contributed by atoms with Gasteiger partial charge in [-0.2, -0.15) is 0 Å². The van der Waals surface area contributed by atoms with Gasteiger partial charge >= 0.3 is 6.03 Å². The Balaban J connectivity index is 2.62. The fourth-order valence-electron chi connectivity index (χ4n) is 3.45. The van der Waals surface area contributed by atoms with Crippen molar-refractivity contribution >= 4 is 17.8 Å². The smallest absolute Gasteiger partial charge is 0.332 e. The molecular formula is C17H26N4O4. The molecule has 0 radical (unpaired) electrons. The third kappa shape index (κ3) is 2.89. The van der Waals surface area contributed by atoms with E-state index in [0.717, 1.165) is 20.2 Å². The van der Waals surface area contributed by atoms with Gasteiger partial charge in [-0.05, 0) is 12.3 Å².